The van der Waals surface area contributed by atoms with Crippen molar-refractivity contribution in [2.75, 3.05) is 13.7 Å². The maximum atomic E-state index is 9.71. The lowest BCUT2D eigenvalue weighted by Crippen LogP contribution is -2.44. The molecule has 0 bridgehead atoms. The fourth-order valence-corrected chi connectivity index (χ4v) is 1.43. The van der Waals surface area contributed by atoms with Gasteiger partial charge in [-0.2, -0.15) is 0 Å². The lowest BCUT2D eigenvalue weighted by Gasteiger charge is -2.27. The number of aliphatic hydroxyl groups excluding tert-OH is 1. The number of nitrogens with one attached hydrogen (secondary N) is 1. The van der Waals surface area contributed by atoms with E-state index >= 15 is 0 Å². The van der Waals surface area contributed by atoms with Gasteiger partial charge in [-0.25, -0.2) is 0 Å². The summed E-state index contributed by atoms with van der Waals surface area (Å²) >= 11 is 0. The highest BCUT2D eigenvalue weighted by molar-refractivity contribution is 5.39. The molecule has 0 aliphatic heterocycles. The van der Waals surface area contributed by atoms with E-state index < -0.39 is 0 Å². The molecular weight excluding hydrogens is 218 g/mol. The number of ether oxygens (including phenoxy) is 1. The minimum absolute atomic E-state index is 0.0637. The van der Waals surface area contributed by atoms with Crippen molar-refractivity contribution in [3.05, 3.63) is 23.8 Å². The van der Waals surface area contributed by atoms with Gasteiger partial charge in [-0.15, -0.1) is 0 Å². The van der Waals surface area contributed by atoms with Gasteiger partial charge in [-0.05, 0) is 31.5 Å². The lowest BCUT2D eigenvalue weighted by molar-refractivity contribution is 0.168. The molecule has 1 aromatic rings. The van der Waals surface area contributed by atoms with Gasteiger partial charge in [0.25, 0.3) is 0 Å². The average Bonchev–Trinajstić information content (AvgIpc) is 2.37. The molecule has 0 heterocycles. The molecule has 4 heteroatoms. The lowest BCUT2D eigenvalue weighted by atomic mass is 9.99. The minimum atomic E-state index is -0.324. The van der Waals surface area contributed by atoms with E-state index in [4.69, 9.17) is 4.74 Å². The average molecular weight is 239 g/mol. The topological polar surface area (TPSA) is 61.7 Å². The number of benzene rings is 1. The first-order valence-electron chi connectivity index (χ1n) is 5.76. The zero-order valence-corrected chi connectivity index (χ0v) is 10.7. The van der Waals surface area contributed by atoms with Crippen LogP contribution in [0.5, 0.6) is 11.5 Å². The minimum Gasteiger partial charge on any atom is -0.508 e. The Kier molecular flexibility index (Phi) is 4.78. The van der Waals surface area contributed by atoms with Crippen LogP contribution >= 0.6 is 0 Å². The van der Waals surface area contributed by atoms with Gasteiger partial charge < -0.3 is 20.3 Å². The maximum Gasteiger partial charge on any atom is 0.120 e. The Balaban J connectivity index is 2.74. The van der Waals surface area contributed by atoms with Gasteiger partial charge in [0, 0.05) is 17.6 Å². The summed E-state index contributed by atoms with van der Waals surface area (Å²) in [5, 5.41) is 22.2. The summed E-state index contributed by atoms with van der Waals surface area (Å²) in [4.78, 5) is 0. The summed E-state index contributed by atoms with van der Waals surface area (Å²) in [6.45, 7) is 4.51. The van der Waals surface area contributed by atoms with Crippen molar-refractivity contribution in [1.82, 2.24) is 5.32 Å². The first kappa shape index (κ1) is 13.8. The number of aliphatic hydroxyl groups is 1. The Labute approximate surface area is 102 Å². The van der Waals surface area contributed by atoms with E-state index in [1.807, 2.05) is 13.8 Å². The molecule has 0 amide bonds. The molecule has 1 rings (SSSR count). The summed E-state index contributed by atoms with van der Waals surface area (Å²) in [7, 11) is 1.59. The summed E-state index contributed by atoms with van der Waals surface area (Å²) in [6, 6.07) is 5.11. The van der Waals surface area contributed by atoms with Gasteiger partial charge in [-0.3, -0.25) is 0 Å². The highest BCUT2D eigenvalue weighted by Crippen LogP contribution is 2.23. The molecule has 0 fully saturated rings. The summed E-state index contributed by atoms with van der Waals surface area (Å²) in [6.07, 6.45) is 0.814. The first-order chi connectivity index (χ1) is 8.04. The van der Waals surface area contributed by atoms with E-state index in [1.165, 1.54) is 0 Å². The number of hydrogen-bond donors (Lipinski definition) is 3. The molecule has 0 aromatic heterocycles. The second-order valence-electron chi connectivity index (χ2n) is 4.42. The van der Waals surface area contributed by atoms with Crippen LogP contribution in [0.25, 0.3) is 0 Å². The highest BCUT2D eigenvalue weighted by atomic mass is 16.5. The maximum absolute atomic E-state index is 9.71. The third-order valence-corrected chi connectivity index (χ3v) is 3.12. The molecule has 0 radical (unpaired) electrons. The Morgan fingerprint density at radius 1 is 1.41 bits per heavy atom. The van der Waals surface area contributed by atoms with Crippen molar-refractivity contribution in [3.63, 3.8) is 0 Å². The van der Waals surface area contributed by atoms with Gasteiger partial charge >= 0.3 is 0 Å². The van der Waals surface area contributed by atoms with E-state index in [-0.39, 0.29) is 17.9 Å². The fraction of sp³-hybridized carbons (Fsp3) is 0.538. The number of rotatable bonds is 6. The fourth-order valence-electron chi connectivity index (χ4n) is 1.43. The highest BCUT2D eigenvalue weighted by Gasteiger charge is 2.20. The molecule has 0 saturated heterocycles. The van der Waals surface area contributed by atoms with E-state index in [0.717, 1.165) is 12.0 Å². The smallest absolute Gasteiger partial charge is 0.120 e. The standard InChI is InChI=1S/C13H21NO3/c1-4-13(2,9-15)14-8-10-7-11(17-3)5-6-12(10)16/h5-7,14-16H,4,8-9H2,1-3H3. The van der Waals surface area contributed by atoms with Crippen molar-refractivity contribution in [3.8, 4) is 11.5 Å². The number of phenols is 1. The molecule has 0 saturated carbocycles. The summed E-state index contributed by atoms with van der Waals surface area (Å²) in [5.74, 6) is 0.941. The van der Waals surface area contributed by atoms with E-state index in [1.54, 1.807) is 25.3 Å². The van der Waals surface area contributed by atoms with Gasteiger partial charge in [-0.1, -0.05) is 6.92 Å². The predicted molar refractivity (Wildman–Crippen MR) is 67.3 cm³/mol. The monoisotopic (exact) mass is 239 g/mol. The third kappa shape index (κ3) is 3.61. The van der Waals surface area contributed by atoms with Crippen LogP contribution in [0.4, 0.5) is 0 Å². The molecule has 1 atom stereocenters. The largest absolute Gasteiger partial charge is 0.508 e. The molecule has 0 aliphatic rings. The van der Waals surface area contributed by atoms with Gasteiger partial charge in [0.15, 0.2) is 0 Å². The van der Waals surface area contributed by atoms with Crippen LogP contribution in [-0.4, -0.2) is 29.5 Å². The SMILES string of the molecule is CCC(C)(CO)NCc1cc(OC)ccc1O. The van der Waals surface area contributed by atoms with Gasteiger partial charge in [0.1, 0.15) is 11.5 Å². The molecule has 0 aliphatic carbocycles. The van der Waals surface area contributed by atoms with Crippen LogP contribution in [0.1, 0.15) is 25.8 Å². The van der Waals surface area contributed by atoms with Gasteiger partial charge in [0.2, 0.25) is 0 Å². The molecule has 0 spiro atoms. The van der Waals surface area contributed by atoms with Crippen molar-refractivity contribution < 1.29 is 14.9 Å². The Bertz CT molecular complexity index is 362. The molecule has 17 heavy (non-hydrogen) atoms. The van der Waals surface area contributed by atoms with Crippen LogP contribution in [0.3, 0.4) is 0 Å². The Hall–Kier alpha value is -1.26. The van der Waals surface area contributed by atoms with E-state index in [0.29, 0.717) is 12.3 Å². The number of aromatic hydroxyl groups is 1. The quantitative estimate of drug-likeness (QED) is 0.706. The number of phenolic OH excluding ortho intramolecular Hbond substituents is 1. The second-order valence-corrected chi connectivity index (χ2v) is 4.42. The zero-order valence-electron chi connectivity index (χ0n) is 10.7. The third-order valence-electron chi connectivity index (χ3n) is 3.12. The molecule has 3 N–H and O–H groups in total. The van der Waals surface area contributed by atoms with Crippen LogP contribution < -0.4 is 10.1 Å². The molecule has 1 aromatic carbocycles. The molecule has 1 unspecified atom stereocenters. The van der Waals surface area contributed by atoms with Crippen molar-refractivity contribution in [2.45, 2.75) is 32.4 Å². The van der Waals surface area contributed by atoms with Crippen LogP contribution in [-0.2, 0) is 6.54 Å². The number of methoxy groups -OCH3 is 1. The molecule has 4 nitrogen and oxygen atoms in total. The van der Waals surface area contributed by atoms with E-state index in [9.17, 15) is 10.2 Å². The number of hydrogen-bond acceptors (Lipinski definition) is 4. The van der Waals surface area contributed by atoms with Gasteiger partial charge in [0.05, 0.1) is 13.7 Å². The second kappa shape index (κ2) is 5.89. The zero-order chi connectivity index (χ0) is 12.9. The van der Waals surface area contributed by atoms with Crippen LogP contribution in [0.2, 0.25) is 0 Å². The molecular formula is C13H21NO3. The Morgan fingerprint density at radius 2 is 2.12 bits per heavy atom. The van der Waals surface area contributed by atoms with Crippen molar-refractivity contribution >= 4 is 0 Å². The van der Waals surface area contributed by atoms with Crippen LogP contribution in [0.15, 0.2) is 18.2 Å². The van der Waals surface area contributed by atoms with Crippen molar-refractivity contribution in [1.29, 1.82) is 0 Å². The summed E-state index contributed by atoms with van der Waals surface area (Å²) in [5.41, 5.74) is 0.438. The summed E-state index contributed by atoms with van der Waals surface area (Å²) < 4.78 is 5.11. The first-order valence-corrected chi connectivity index (χ1v) is 5.76. The predicted octanol–water partition coefficient (Wildman–Crippen LogP) is 1.65. The molecule has 96 valence electrons. The van der Waals surface area contributed by atoms with Crippen molar-refractivity contribution in [2.24, 2.45) is 0 Å². The van der Waals surface area contributed by atoms with Crippen LogP contribution in [0, 0.1) is 0 Å². The normalized spacial score (nSPS) is 14.4. The van der Waals surface area contributed by atoms with E-state index in [2.05, 4.69) is 5.32 Å². The Morgan fingerprint density at radius 3 is 2.65 bits per heavy atom.